The Bertz CT molecular complexity index is 907. The lowest BCUT2D eigenvalue weighted by atomic mass is 9.97. The Kier molecular flexibility index (Phi) is 6.32. The summed E-state index contributed by atoms with van der Waals surface area (Å²) in [5.41, 5.74) is 0.791. The lowest BCUT2D eigenvalue weighted by molar-refractivity contribution is -0.137. The Morgan fingerprint density at radius 2 is 2.10 bits per heavy atom. The number of anilines is 1. The summed E-state index contributed by atoms with van der Waals surface area (Å²) in [6.45, 7) is 1.99. The molecule has 0 spiro atoms. The summed E-state index contributed by atoms with van der Waals surface area (Å²) in [5, 5.41) is 1.04. The Balaban J connectivity index is 1.29. The summed E-state index contributed by atoms with van der Waals surface area (Å²) >= 11 is 1.78. The van der Waals surface area contributed by atoms with Gasteiger partial charge in [-0.2, -0.15) is 0 Å². The number of methoxy groups -OCH3 is 1. The van der Waals surface area contributed by atoms with Gasteiger partial charge in [-0.25, -0.2) is 4.98 Å². The zero-order valence-corrected chi connectivity index (χ0v) is 18.3. The van der Waals surface area contributed by atoms with E-state index in [1.54, 1.807) is 23.8 Å². The number of carbonyl (C=O) groups excluding carboxylic acids is 2. The normalized spacial score (nSPS) is 20.1. The second-order valence-corrected chi connectivity index (χ2v) is 8.99. The smallest absolute Gasteiger partial charge is 0.228 e. The minimum absolute atomic E-state index is 0.00274. The molecule has 2 aliphatic rings. The van der Waals surface area contributed by atoms with Crippen LogP contribution in [0.4, 0.5) is 5.69 Å². The topological polar surface area (TPSA) is 67.7 Å². The highest BCUT2D eigenvalue weighted by molar-refractivity contribution is 7.99. The number of amides is 2. The summed E-state index contributed by atoms with van der Waals surface area (Å²) in [4.78, 5) is 33.6. The molecule has 3 heterocycles. The summed E-state index contributed by atoms with van der Waals surface area (Å²) in [6, 6.07) is 7.45. The number of aryl methyl sites for hydroxylation is 1. The lowest BCUT2D eigenvalue weighted by Gasteiger charge is -2.33. The highest BCUT2D eigenvalue weighted by atomic mass is 32.2. The molecule has 1 atom stereocenters. The van der Waals surface area contributed by atoms with E-state index >= 15 is 0 Å². The minimum atomic E-state index is -0.262. The molecule has 1 aromatic heterocycles. The Morgan fingerprint density at radius 3 is 2.80 bits per heavy atom. The van der Waals surface area contributed by atoms with E-state index in [-0.39, 0.29) is 24.2 Å². The first-order chi connectivity index (χ1) is 14.5. The third-order valence-corrected chi connectivity index (χ3v) is 7.28. The molecule has 0 unspecified atom stereocenters. The SMILES string of the molecule is COc1cccc(N2C[C@H](C(=O)N3CCC(CSc4nccn4C)CC3)CC2=O)c1. The van der Waals surface area contributed by atoms with Gasteiger partial charge in [0.2, 0.25) is 11.8 Å². The number of rotatable bonds is 6. The van der Waals surface area contributed by atoms with E-state index in [0.29, 0.717) is 18.2 Å². The molecule has 2 amide bonds. The van der Waals surface area contributed by atoms with Gasteiger partial charge in [-0.1, -0.05) is 17.8 Å². The molecule has 2 saturated heterocycles. The van der Waals surface area contributed by atoms with Crippen LogP contribution in [0.2, 0.25) is 0 Å². The number of aromatic nitrogens is 2. The average molecular weight is 429 g/mol. The van der Waals surface area contributed by atoms with Crippen molar-refractivity contribution in [1.29, 1.82) is 0 Å². The van der Waals surface area contributed by atoms with Gasteiger partial charge in [0.25, 0.3) is 0 Å². The van der Waals surface area contributed by atoms with E-state index in [1.807, 2.05) is 53.2 Å². The van der Waals surface area contributed by atoms with E-state index in [2.05, 4.69) is 4.98 Å². The van der Waals surface area contributed by atoms with Crippen LogP contribution in [-0.2, 0) is 16.6 Å². The number of likely N-dealkylation sites (tertiary alicyclic amines) is 1. The summed E-state index contributed by atoms with van der Waals surface area (Å²) in [5.74, 6) is 2.18. The number of piperidine rings is 1. The number of nitrogens with zero attached hydrogens (tertiary/aromatic N) is 4. The van der Waals surface area contributed by atoms with Gasteiger partial charge in [0.05, 0.1) is 13.0 Å². The Labute approximate surface area is 181 Å². The van der Waals surface area contributed by atoms with Gasteiger partial charge in [-0.15, -0.1) is 0 Å². The van der Waals surface area contributed by atoms with Crippen LogP contribution in [0.25, 0.3) is 0 Å². The van der Waals surface area contributed by atoms with E-state index in [9.17, 15) is 9.59 Å². The molecular formula is C22H28N4O3S. The molecule has 0 N–H and O–H groups in total. The third kappa shape index (κ3) is 4.48. The first-order valence-corrected chi connectivity index (χ1v) is 11.4. The maximum atomic E-state index is 13.0. The lowest BCUT2D eigenvalue weighted by Crippen LogP contribution is -2.42. The molecule has 2 fully saturated rings. The second-order valence-electron chi connectivity index (χ2n) is 8.01. The van der Waals surface area contributed by atoms with Crippen molar-refractivity contribution in [3.63, 3.8) is 0 Å². The van der Waals surface area contributed by atoms with Crippen LogP contribution in [0.1, 0.15) is 19.3 Å². The molecule has 1 aromatic carbocycles. The third-order valence-electron chi connectivity index (χ3n) is 5.99. The van der Waals surface area contributed by atoms with Gasteiger partial charge < -0.3 is 19.1 Å². The fourth-order valence-electron chi connectivity index (χ4n) is 4.16. The maximum absolute atomic E-state index is 13.0. The zero-order valence-electron chi connectivity index (χ0n) is 17.5. The van der Waals surface area contributed by atoms with Gasteiger partial charge in [0, 0.05) is 63.0 Å². The fourth-order valence-corrected chi connectivity index (χ4v) is 5.28. The van der Waals surface area contributed by atoms with E-state index in [0.717, 1.165) is 42.5 Å². The van der Waals surface area contributed by atoms with Crippen molar-refractivity contribution in [3.05, 3.63) is 36.7 Å². The zero-order chi connectivity index (χ0) is 21.1. The molecule has 0 saturated carbocycles. The molecule has 2 aromatic rings. The average Bonchev–Trinajstić information content (AvgIpc) is 3.37. The largest absolute Gasteiger partial charge is 0.497 e. The molecule has 8 heteroatoms. The molecule has 160 valence electrons. The number of ether oxygens (including phenoxy) is 1. The van der Waals surface area contributed by atoms with Gasteiger partial charge in [-0.05, 0) is 30.9 Å². The van der Waals surface area contributed by atoms with Crippen LogP contribution >= 0.6 is 11.8 Å². The van der Waals surface area contributed by atoms with Crippen LogP contribution < -0.4 is 9.64 Å². The van der Waals surface area contributed by atoms with Crippen LogP contribution in [-0.4, -0.2) is 58.8 Å². The minimum Gasteiger partial charge on any atom is -0.497 e. The van der Waals surface area contributed by atoms with Gasteiger partial charge in [0.1, 0.15) is 5.75 Å². The predicted octanol–water partition coefficient (Wildman–Crippen LogP) is 2.81. The van der Waals surface area contributed by atoms with Crippen LogP contribution in [0.3, 0.4) is 0 Å². The summed E-state index contributed by atoms with van der Waals surface area (Å²) < 4.78 is 7.30. The maximum Gasteiger partial charge on any atom is 0.228 e. The first kappa shape index (κ1) is 20.8. The quantitative estimate of drug-likeness (QED) is 0.662. The van der Waals surface area contributed by atoms with Crippen LogP contribution in [0.15, 0.2) is 41.8 Å². The summed E-state index contributed by atoms with van der Waals surface area (Å²) in [6.07, 6.45) is 6.07. The van der Waals surface area contributed by atoms with Crippen molar-refractivity contribution in [3.8, 4) is 5.75 Å². The molecule has 0 aliphatic carbocycles. The second kappa shape index (κ2) is 9.12. The van der Waals surface area contributed by atoms with Crippen molar-refractivity contribution in [1.82, 2.24) is 14.5 Å². The predicted molar refractivity (Wildman–Crippen MR) is 117 cm³/mol. The highest BCUT2D eigenvalue weighted by Crippen LogP contribution is 2.31. The van der Waals surface area contributed by atoms with Crippen molar-refractivity contribution in [2.75, 3.05) is 37.4 Å². The standard InChI is InChI=1S/C22H28N4O3S/c1-24-11-8-23-22(24)30-15-16-6-9-25(10-7-16)21(28)17-12-20(27)26(14-17)18-4-3-5-19(13-18)29-2/h3-5,8,11,13,16-17H,6-7,9-10,12,14-15H2,1-2H3/t17-/m1/s1. The number of hydrogen-bond donors (Lipinski definition) is 0. The van der Waals surface area contributed by atoms with Crippen molar-refractivity contribution in [2.45, 2.75) is 24.4 Å². The number of carbonyl (C=O) groups is 2. The Hall–Kier alpha value is -2.48. The molecular weight excluding hydrogens is 400 g/mol. The van der Waals surface area contributed by atoms with Crippen molar-refractivity contribution >= 4 is 29.3 Å². The number of hydrogen-bond acceptors (Lipinski definition) is 5. The van der Waals surface area contributed by atoms with Crippen molar-refractivity contribution in [2.24, 2.45) is 18.9 Å². The van der Waals surface area contributed by atoms with Gasteiger partial charge >= 0.3 is 0 Å². The first-order valence-electron chi connectivity index (χ1n) is 10.4. The van der Waals surface area contributed by atoms with Crippen LogP contribution in [0, 0.1) is 11.8 Å². The van der Waals surface area contributed by atoms with E-state index in [4.69, 9.17) is 4.74 Å². The van der Waals surface area contributed by atoms with Gasteiger partial charge in [0.15, 0.2) is 5.16 Å². The molecule has 30 heavy (non-hydrogen) atoms. The number of thioether (sulfide) groups is 1. The van der Waals surface area contributed by atoms with E-state index in [1.165, 1.54) is 0 Å². The molecule has 0 bridgehead atoms. The molecule has 7 nitrogen and oxygen atoms in total. The number of imidazole rings is 1. The van der Waals surface area contributed by atoms with Crippen LogP contribution in [0.5, 0.6) is 5.75 Å². The Morgan fingerprint density at radius 1 is 1.30 bits per heavy atom. The van der Waals surface area contributed by atoms with Crippen molar-refractivity contribution < 1.29 is 14.3 Å². The monoisotopic (exact) mass is 428 g/mol. The van der Waals surface area contributed by atoms with E-state index < -0.39 is 0 Å². The summed E-state index contributed by atoms with van der Waals surface area (Å²) in [7, 11) is 3.62. The highest BCUT2D eigenvalue weighted by Gasteiger charge is 2.38. The molecule has 0 radical (unpaired) electrons. The van der Waals surface area contributed by atoms with Gasteiger partial charge in [-0.3, -0.25) is 9.59 Å². The number of benzene rings is 1. The molecule has 2 aliphatic heterocycles. The fraction of sp³-hybridized carbons (Fsp3) is 0.500. The molecule has 4 rings (SSSR count).